The van der Waals surface area contributed by atoms with Gasteiger partial charge in [0.05, 0.1) is 0 Å². The molecule has 0 aliphatic heterocycles. The Morgan fingerprint density at radius 1 is 1.40 bits per heavy atom. The quantitative estimate of drug-likeness (QED) is 0.569. The molecule has 2 N–H and O–H groups in total. The van der Waals surface area contributed by atoms with E-state index in [0.29, 0.717) is 11.7 Å². The molecule has 1 rings (SSSR count). The fourth-order valence-electron chi connectivity index (χ4n) is 1.79. The van der Waals surface area contributed by atoms with Gasteiger partial charge in [-0.15, -0.1) is 6.58 Å². The molecule has 0 radical (unpaired) electrons. The van der Waals surface area contributed by atoms with E-state index in [0.717, 1.165) is 25.7 Å². The Balaban J connectivity index is 2.27. The molecule has 0 aromatic carbocycles. The first kappa shape index (κ1) is 12.2. The van der Waals surface area contributed by atoms with Crippen molar-refractivity contribution in [2.45, 2.75) is 32.1 Å². The molecule has 0 bridgehead atoms. The van der Waals surface area contributed by atoms with Gasteiger partial charge in [0.1, 0.15) is 0 Å². The molecule has 0 aromatic rings. The van der Waals surface area contributed by atoms with Gasteiger partial charge in [-0.3, -0.25) is 4.79 Å². The third-order valence-electron chi connectivity index (χ3n) is 2.62. The van der Waals surface area contributed by atoms with Crippen LogP contribution >= 0.6 is 12.2 Å². The predicted molar refractivity (Wildman–Crippen MR) is 65.5 cm³/mol. The molecule has 0 atom stereocenters. The van der Waals surface area contributed by atoms with E-state index in [4.69, 9.17) is 12.2 Å². The van der Waals surface area contributed by atoms with E-state index < -0.39 is 0 Å². The molecule has 15 heavy (non-hydrogen) atoms. The van der Waals surface area contributed by atoms with Crippen molar-refractivity contribution >= 4 is 23.2 Å². The van der Waals surface area contributed by atoms with E-state index in [1.807, 2.05) is 0 Å². The summed E-state index contributed by atoms with van der Waals surface area (Å²) in [5, 5.41) is 6.01. The maximum absolute atomic E-state index is 11.7. The summed E-state index contributed by atoms with van der Waals surface area (Å²) in [5.74, 6) is 0.221. The highest BCUT2D eigenvalue weighted by atomic mass is 32.1. The van der Waals surface area contributed by atoms with Gasteiger partial charge in [-0.05, 0) is 25.1 Å². The van der Waals surface area contributed by atoms with Crippen molar-refractivity contribution in [3.63, 3.8) is 0 Å². The van der Waals surface area contributed by atoms with Crippen LogP contribution in [-0.2, 0) is 4.79 Å². The van der Waals surface area contributed by atoms with Crippen LogP contribution in [-0.4, -0.2) is 17.6 Å². The molecule has 1 amide bonds. The zero-order valence-corrected chi connectivity index (χ0v) is 9.74. The molecule has 0 spiro atoms. The van der Waals surface area contributed by atoms with Crippen LogP contribution in [0.4, 0.5) is 0 Å². The summed E-state index contributed by atoms with van der Waals surface area (Å²) in [6.07, 6.45) is 7.27. The van der Waals surface area contributed by atoms with Crippen LogP contribution in [0.3, 0.4) is 0 Å². The number of carbonyl (C=O) groups excluding carboxylic acids is 1. The molecule has 1 aliphatic rings. The van der Waals surface area contributed by atoms with Crippen LogP contribution in [0.2, 0.25) is 0 Å². The molecule has 0 aromatic heterocycles. The summed E-state index contributed by atoms with van der Waals surface area (Å²) in [6, 6.07) is 0. The molecule has 84 valence electrons. The largest absolute Gasteiger partial charge is 0.359 e. The maximum atomic E-state index is 11.7. The van der Waals surface area contributed by atoms with Crippen molar-refractivity contribution in [1.82, 2.24) is 10.6 Å². The summed E-state index contributed by atoms with van der Waals surface area (Å²) in [6.45, 7) is 4.15. The smallest absolute Gasteiger partial charge is 0.229 e. The van der Waals surface area contributed by atoms with E-state index in [2.05, 4.69) is 17.2 Å². The minimum atomic E-state index is 0.0660. The molecule has 1 aliphatic carbocycles. The Labute approximate surface area is 96.3 Å². The van der Waals surface area contributed by atoms with Gasteiger partial charge in [-0.2, -0.15) is 0 Å². The van der Waals surface area contributed by atoms with Crippen molar-refractivity contribution in [1.29, 1.82) is 0 Å². The van der Waals surface area contributed by atoms with Gasteiger partial charge in [0.15, 0.2) is 5.11 Å². The first-order valence-electron chi connectivity index (χ1n) is 5.43. The highest BCUT2D eigenvalue weighted by Gasteiger charge is 2.21. The normalized spacial score (nSPS) is 16.8. The van der Waals surface area contributed by atoms with Gasteiger partial charge in [0.2, 0.25) is 5.91 Å². The lowest BCUT2D eigenvalue weighted by Gasteiger charge is -2.20. The van der Waals surface area contributed by atoms with Crippen molar-refractivity contribution in [2.75, 3.05) is 6.54 Å². The zero-order valence-electron chi connectivity index (χ0n) is 8.92. The van der Waals surface area contributed by atoms with Gasteiger partial charge in [-0.1, -0.05) is 25.3 Å². The first-order chi connectivity index (χ1) is 7.24. The Morgan fingerprint density at radius 2 is 2.07 bits per heavy atom. The fourth-order valence-corrected chi connectivity index (χ4v) is 1.97. The summed E-state index contributed by atoms with van der Waals surface area (Å²) >= 11 is 4.97. The van der Waals surface area contributed by atoms with Crippen LogP contribution in [0.1, 0.15) is 32.1 Å². The van der Waals surface area contributed by atoms with Crippen LogP contribution in [0.25, 0.3) is 0 Å². The van der Waals surface area contributed by atoms with Gasteiger partial charge in [0, 0.05) is 12.5 Å². The van der Waals surface area contributed by atoms with Crippen LogP contribution in [0.15, 0.2) is 12.7 Å². The van der Waals surface area contributed by atoms with Crippen LogP contribution < -0.4 is 10.6 Å². The average molecular weight is 226 g/mol. The van der Waals surface area contributed by atoms with Gasteiger partial charge >= 0.3 is 0 Å². The number of hydrogen-bond acceptors (Lipinski definition) is 2. The molecule has 1 saturated carbocycles. The standard InChI is InChI=1S/C11H18N2OS/c1-2-8-12-11(15)13-10(14)9-6-4-3-5-7-9/h2,9H,1,3-8H2,(H2,12,13,14,15). The lowest BCUT2D eigenvalue weighted by Crippen LogP contribution is -2.42. The van der Waals surface area contributed by atoms with E-state index in [1.165, 1.54) is 6.42 Å². The molecule has 0 saturated heterocycles. The lowest BCUT2D eigenvalue weighted by atomic mass is 9.89. The topological polar surface area (TPSA) is 41.1 Å². The third kappa shape index (κ3) is 4.42. The SMILES string of the molecule is C=CCNC(=S)NC(=O)C1CCCCC1. The monoisotopic (exact) mass is 226 g/mol. The van der Waals surface area contributed by atoms with Gasteiger partial charge in [0.25, 0.3) is 0 Å². The molecular formula is C11H18N2OS. The maximum Gasteiger partial charge on any atom is 0.229 e. The number of amides is 1. The number of hydrogen-bond donors (Lipinski definition) is 2. The fraction of sp³-hybridized carbons (Fsp3) is 0.636. The molecule has 0 heterocycles. The Morgan fingerprint density at radius 3 is 2.67 bits per heavy atom. The van der Waals surface area contributed by atoms with Crippen molar-refractivity contribution in [2.24, 2.45) is 5.92 Å². The first-order valence-corrected chi connectivity index (χ1v) is 5.84. The second-order valence-corrected chi connectivity index (χ2v) is 4.23. The number of nitrogens with one attached hydrogen (secondary N) is 2. The zero-order chi connectivity index (χ0) is 11.1. The lowest BCUT2D eigenvalue weighted by molar-refractivity contribution is -0.124. The van der Waals surface area contributed by atoms with Crippen LogP contribution in [0, 0.1) is 5.92 Å². The van der Waals surface area contributed by atoms with E-state index in [9.17, 15) is 4.79 Å². The van der Waals surface area contributed by atoms with E-state index >= 15 is 0 Å². The van der Waals surface area contributed by atoms with Crippen molar-refractivity contribution in [3.8, 4) is 0 Å². The molecule has 0 unspecified atom stereocenters. The second kappa shape index (κ2) is 6.56. The molecule has 3 nitrogen and oxygen atoms in total. The number of rotatable bonds is 3. The highest BCUT2D eigenvalue weighted by molar-refractivity contribution is 7.80. The molecule has 1 fully saturated rings. The molecule has 4 heteroatoms. The number of thiocarbonyl (C=S) groups is 1. The average Bonchev–Trinajstić information content (AvgIpc) is 2.27. The predicted octanol–water partition coefficient (Wildman–Crippen LogP) is 1.74. The Kier molecular flexibility index (Phi) is 5.32. The minimum Gasteiger partial charge on any atom is -0.359 e. The van der Waals surface area contributed by atoms with Gasteiger partial charge < -0.3 is 10.6 Å². The molecular weight excluding hydrogens is 208 g/mol. The highest BCUT2D eigenvalue weighted by Crippen LogP contribution is 2.23. The minimum absolute atomic E-state index is 0.0660. The Hall–Kier alpha value is -0.900. The second-order valence-electron chi connectivity index (χ2n) is 3.82. The Bertz CT molecular complexity index is 247. The number of carbonyl (C=O) groups is 1. The summed E-state index contributed by atoms with van der Waals surface area (Å²) in [5.41, 5.74) is 0. The van der Waals surface area contributed by atoms with Gasteiger partial charge in [-0.25, -0.2) is 0 Å². The third-order valence-corrected chi connectivity index (χ3v) is 2.87. The summed E-state index contributed by atoms with van der Waals surface area (Å²) in [7, 11) is 0. The van der Waals surface area contributed by atoms with E-state index in [1.54, 1.807) is 6.08 Å². The van der Waals surface area contributed by atoms with Crippen molar-refractivity contribution < 1.29 is 4.79 Å². The van der Waals surface area contributed by atoms with Crippen molar-refractivity contribution in [3.05, 3.63) is 12.7 Å². The summed E-state index contributed by atoms with van der Waals surface area (Å²) < 4.78 is 0. The summed E-state index contributed by atoms with van der Waals surface area (Å²) in [4.78, 5) is 11.7. The van der Waals surface area contributed by atoms with Crippen LogP contribution in [0.5, 0.6) is 0 Å². The van der Waals surface area contributed by atoms with E-state index in [-0.39, 0.29) is 11.8 Å².